The third kappa shape index (κ3) is 3.60. The van der Waals surface area contributed by atoms with Gasteiger partial charge in [0.05, 0.1) is 0 Å². The highest BCUT2D eigenvalue weighted by molar-refractivity contribution is 9.10. The van der Waals surface area contributed by atoms with Gasteiger partial charge < -0.3 is 5.32 Å². The lowest BCUT2D eigenvalue weighted by Gasteiger charge is -2.05. The Labute approximate surface area is 92.1 Å². The van der Waals surface area contributed by atoms with Gasteiger partial charge in [-0.05, 0) is 25.1 Å². The van der Waals surface area contributed by atoms with Gasteiger partial charge in [-0.2, -0.15) is 0 Å². The largest absolute Gasteiger partial charge is 0.309 e. The quantitative estimate of drug-likeness (QED) is 0.817. The van der Waals surface area contributed by atoms with E-state index in [0.717, 1.165) is 10.0 Å². The highest BCUT2D eigenvalue weighted by atomic mass is 79.9. The zero-order chi connectivity index (χ0) is 10.6. The van der Waals surface area contributed by atoms with Crippen LogP contribution in [-0.2, 0) is 6.54 Å². The van der Waals surface area contributed by atoms with Gasteiger partial charge in [0.15, 0.2) is 0 Å². The molecule has 0 amide bonds. The molecule has 1 nitrogen and oxygen atoms in total. The summed E-state index contributed by atoms with van der Waals surface area (Å²) in [6, 6.07) is 4.93. The lowest BCUT2D eigenvalue weighted by Crippen LogP contribution is -2.16. The molecule has 1 rings (SSSR count). The maximum absolute atomic E-state index is 13.2. The van der Waals surface area contributed by atoms with Crippen LogP contribution in [0.3, 0.4) is 0 Å². The minimum atomic E-state index is -0.178. The SMILES string of the molecule is C=C(C)CNCc1cc(Br)ccc1F. The van der Waals surface area contributed by atoms with Crippen molar-refractivity contribution in [1.29, 1.82) is 0 Å². The van der Waals surface area contributed by atoms with Crippen LogP contribution < -0.4 is 5.32 Å². The zero-order valence-electron chi connectivity index (χ0n) is 8.11. The summed E-state index contributed by atoms with van der Waals surface area (Å²) < 4.78 is 14.1. The van der Waals surface area contributed by atoms with E-state index in [1.807, 2.05) is 6.92 Å². The minimum Gasteiger partial charge on any atom is -0.309 e. The van der Waals surface area contributed by atoms with Crippen molar-refractivity contribution in [2.24, 2.45) is 0 Å². The van der Waals surface area contributed by atoms with Crippen molar-refractivity contribution in [3.8, 4) is 0 Å². The summed E-state index contributed by atoms with van der Waals surface area (Å²) in [6.07, 6.45) is 0. The van der Waals surface area contributed by atoms with E-state index in [2.05, 4.69) is 27.8 Å². The summed E-state index contributed by atoms with van der Waals surface area (Å²) in [5.74, 6) is -0.178. The molecule has 3 heteroatoms. The molecular formula is C11H13BrFN. The zero-order valence-corrected chi connectivity index (χ0v) is 9.70. The smallest absolute Gasteiger partial charge is 0.127 e. The topological polar surface area (TPSA) is 12.0 Å². The Kier molecular flexibility index (Phi) is 4.29. The molecule has 76 valence electrons. The Bertz CT molecular complexity index is 336. The van der Waals surface area contributed by atoms with Crippen molar-refractivity contribution in [1.82, 2.24) is 5.32 Å². The van der Waals surface area contributed by atoms with Crippen LogP contribution >= 0.6 is 15.9 Å². The molecule has 0 saturated heterocycles. The molecule has 1 aromatic rings. The van der Waals surface area contributed by atoms with Crippen LogP contribution in [0, 0.1) is 5.82 Å². The predicted octanol–water partition coefficient (Wildman–Crippen LogP) is 3.25. The monoisotopic (exact) mass is 257 g/mol. The van der Waals surface area contributed by atoms with Gasteiger partial charge in [0.2, 0.25) is 0 Å². The molecular weight excluding hydrogens is 245 g/mol. The number of rotatable bonds is 4. The van der Waals surface area contributed by atoms with Crippen LogP contribution in [0.5, 0.6) is 0 Å². The Morgan fingerprint density at radius 3 is 2.93 bits per heavy atom. The summed E-state index contributed by atoms with van der Waals surface area (Å²) in [6.45, 7) is 6.94. The van der Waals surface area contributed by atoms with E-state index >= 15 is 0 Å². The third-order valence-electron chi connectivity index (χ3n) is 1.75. The molecule has 14 heavy (non-hydrogen) atoms. The Balaban J connectivity index is 2.57. The molecule has 0 spiro atoms. The van der Waals surface area contributed by atoms with Crippen LogP contribution in [0.1, 0.15) is 12.5 Å². The van der Waals surface area contributed by atoms with Gasteiger partial charge in [-0.15, -0.1) is 0 Å². The van der Waals surface area contributed by atoms with E-state index in [0.29, 0.717) is 18.7 Å². The lowest BCUT2D eigenvalue weighted by molar-refractivity contribution is 0.594. The van der Waals surface area contributed by atoms with Crippen molar-refractivity contribution in [2.45, 2.75) is 13.5 Å². The van der Waals surface area contributed by atoms with Crippen molar-refractivity contribution in [3.05, 3.63) is 46.2 Å². The van der Waals surface area contributed by atoms with Gasteiger partial charge in [0, 0.05) is 23.1 Å². The van der Waals surface area contributed by atoms with Crippen molar-refractivity contribution < 1.29 is 4.39 Å². The molecule has 0 aliphatic rings. The molecule has 1 aromatic carbocycles. The molecule has 0 aliphatic carbocycles. The fraction of sp³-hybridized carbons (Fsp3) is 0.273. The van der Waals surface area contributed by atoms with Crippen LogP contribution in [0.4, 0.5) is 4.39 Å². The van der Waals surface area contributed by atoms with E-state index in [1.165, 1.54) is 6.07 Å². The average molecular weight is 258 g/mol. The van der Waals surface area contributed by atoms with Gasteiger partial charge in [0.1, 0.15) is 5.82 Å². The van der Waals surface area contributed by atoms with Gasteiger partial charge in [-0.3, -0.25) is 0 Å². The maximum atomic E-state index is 13.2. The number of hydrogen-bond acceptors (Lipinski definition) is 1. The van der Waals surface area contributed by atoms with E-state index in [9.17, 15) is 4.39 Å². The molecule has 0 bridgehead atoms. The Hall–Kier alpha value is -0.670. The first-order valence-electron chi connectivity index (χ1n) is 4.38. The molecule has 0 fully saturated rings. The van der Waals surface area contributed by atoms with E-state index in [-0.39, 0.29) is 5.82 Å². The fourth-order valence-electron chi connectivity index (χ4n) is 1.09. The second-order valence-electron chi connectivity index (χ2n) is 3.30. The third-order valence-corrected chi connectivity index (χ3v) is 2.24. The van der Waals surface area contributed by atoms with E-state index < -0.39 is 0 Å². The number of hydrogen-bond donors (Lipinski definition) is 1. The molecule has 0 saturated carbocycles. The molecule has 0 unspecified atom stereocenters. The number of halogens is 2. The maximum Gasteiger partial charge on any atom is 0.127 e. The van der Waals surface area contributed by atoms with Crippen LogP contribution in [0.25, 0.3) is 0 Å². The first-order chi connectivity index (χ1) is 6.59. The summed E-state index contributed by atoms with van der Waals surface area (Å²) in [5.41, 5.74) is 1.71. The van der Waals surface area contributed by atoms with Crippen molar-refractivity contribution in [2.75, 3.05) is 6.54 Å². The lowest BCUT2D eigenvalue weighted by atomic mass is 10.2. The Morgan fingerprint density at radius 1 is 1.57 bits per heavy atom. The van der Waals surface area contributed by atoms with Crippen molar-refractivity contribution >= 4 is 15.9 Å². The second kappa shape index (κ2) is 5.27. The first kappa shape index (κ1) is 11.4. The summed E-state index contributed by atoms with van der Waals surface area (Å²) in [4.78, 5) is 0. The number of nitrogens with one attached hydrogen (secondary N) is 1. The normalized spacial score (nSPS) is 10.2. The van der Waals surface area contributed by atoms with Crippen LogP contribution in [-0.4, -0.2) is 6.54 Å². The molecule has 0 aliphatic heterocycles. The van der Waals surface area contributed by atoms with Gasteiger partial charge in [0.25, 0.3) is 0 Å². The average Bonchev–Trinajstić information content (AvgIpc) is 2.10. The molecule has 1 N–H and O–H groups in total. The van der Waals surface area contributed by atoms with Gasteiger partial charge in [-0.25, -0.2) is 4.39 Å². The van der Waals surface area contributed by atoms with Gasteiger partial charge >= 0.3 is 0 Å². The molecule has 0 heterocycles. The fourth-order valence-corrected chi connectivity index (χ4v) is 1.50. The van der Waals surface area contributed by atoms with E-state index in [4.69, 9.17) is 0 Å². The van der Waals surface area contributed by atoms with Crippen molar-refractivity contribution in [3.63, 3.8) is 0 Å². The molecule has 0 radical (unpaired) electrons. The second-order valence-corrected chi connectivity index (χ2v) is 4.21. The predicted molar refractivity (Wildman–Crippen MR) is 60.6 cm³/mol. The summed E-state index contributed by atoms with van der Waals surface area (Å²) in [5, 5.41) is 3.11. The minimum absolute atomic E-state index is 0.178. The first-order valence-corrected chi connectivity index (χ1v) is 5.18. The Morgan fingerprint density at radius 2 is 2.29 bits per heavy atom. The standard InChI is InChI=1S/C11H13BrFN/c1-8(2)6-14-7-9-5-10(12)3-4-11(9)13/h3-5,14H,1,6-7H2,2H3. The summed E-state index contributed by atoms with van der Waals surface area (Å²) in [7, 11) is 0. The molecule has 0 atom stereocenters. The molecule has 0 aromatic heterocycles. The van der Waals surface area contributed by atoms with Gasteiger partial charge in [-0.1, -0.05) is 28.1 Å². The highest BCUT2D eigenvalue weighted by Crippen LogP contribution is 2.15. The number of benzene rings is 1. The highest BCUT2D eigenvalue weighted by Gasteiger charge is 2.01. The van der Waals surface area contributed by atoms with Crippen LogP contribution in [0.15, 0.2) is 34.8 Å². The summed E-state index contributed by atoms with van der Waals surface area (Å²) >= 11 is 3.31. The van der Waals surface area contributed by atoms with Crippen LogP contribution in [0.2, 0.25) is 0 Å². The van der Waals surface area contributed by atoms with E-state index in [1.54, 1.807) is 12.1 Å².